The summed E-state index contributed by atoms with van der Waals surface area (Å²) in [5.41, 5.74) is 0. The van der Waals surface area contributed by atoms with Crippen molar-refractivity contribution >= 4 is 67.5 Å². The van der Waals surface area contributed by atoms with Crippen LogP contribution in [0.2, 0.25) is 117 Å². The van der Waals surface area contributed by atoms with Crippen LogP contribution < -0.4 is 0 Å². The van der Waals surface area contributed by atoms with E-state index in [-0.39, 0.29) is 25.7 Å². The first-order valence-electron chi connectivity index (χ1n) is 18.1. The van der Waals surface area contributed by atoms with Crippen LogP contribution in [-0.4, -0.2) is 114 Å². The van der Waals surface area contributed by atoms with E-state index in [1.54, 1.807) is 0 Å². The maximum atomic E-state index is 10.1. The lowest BCUT2D eigenvalue weighted by molar-refractivity contribution is 0.256. The molecule has 4 N–H and O–H groups in total. The van der Waals surface area contributed by atoms with Gasteiger partial charge in [0.25, 0.3) is 0 Å². The van der Waals surface area contributed by atoms with Gasteiger partial charge in [0.05, 0.1) is 12.5 Å². The van der Waals surface area contributed by atoms with Gasteiger partial charge in [-0.1, -0.05) is 38.5 Å². The molecule has 0 saturated heterocycles. The van der Waals surface area contributed by atoms with Crippen LogP contribution in [0.5, 0.6) is 0 Å². The van der Waals surface area contributed by atoms with Gasteiger partial charge in [0, 0.05) is 13.2 Å². The zero-order valence-corrected chi connectivity index (χ0v) is 42.1. The molecule has 0 fully saturated rings. The van der Waals surface area contributed by atoms with E-state index in [1.807, 2.05) is 26.2 Å². The van der Waals surface area contributed by atoms with Gasteiger partial charge >= 0.3 is 34.2 Å². The van der Waals surface area contributed by atoms with Crippen molar-refractivity contribution in [1.29, 1.82) is 0 Å². The molecule has 0 aromatic rings. The highest BCUT2D eigenvalue weighted by atomic mass is 28.5. The second kappa shape index (κ2) is 22.5. The zero-order chi connectivity index (χ0) is 38.1. The van der Waals surface area contributed by atoms with Crippen LogP contribution in [0.4, 0.5) is 0 Å². The summed E-state index contributed by atoms with van der Waals surface area (Å²) < 4.78 is 38.1. The average molecular weight is 826 g/mol. The molecule has 18 heteroatoms. The van der Waals surface area contributed by atoms with Crippen molar-refractivity contribution in [2.45, 2.75) is 168 Å². The maximum absolute atomic E-state index is 10.1. The van der Waals surface area contributed by atoms with E-state index in [2.05, 4.69) is 78.6 Å². The van der Waals surface area contributed by atoms with Crippen molar-refractivity contribution in [3.63, 3.8) is 0 Å². The summed E-state index contributed by atoms with van der Waals surface area (Å²) in [5.74, 6) is 0. The van der Waals surface area contributed by atoms with Gasteiger partial charge in [-0.15, -0.1) is 0 Å². The predicted octanol–water partition coefficient (Wildman–Crippen LogP) is 7.87. The largest absolute Gasteiger partial charge is 0.437 e. The first-order valence-corrected chi connectivity index (χ1v) is 41.9. The van der Waals surface area contributed by atoms with Crippen molar-refractivity contribution in [1.82, 2.24) is 0 Å². The number of hydrogen-bond donors (Lipinski definition) is 4. The van der Waals surface area contributed by atoms with Crippen LogP contribution in [0.1, 0.15) is 51.4 Å². The highest BCUT2D eigenvalue weighted by Gasteiger charge is 2.46. The monoisotopic (exact) mass is 824 g/mol. The van der Waals surface area contributed by atoms with Crippen molar-refractivity contribution in [3.8, 4) is 0 Å². The Labute approximate surface area is 305 Å². The van der Waals surface area contributed by atoms with E-state index in [0.717, 1.165) is 63.5 Å². The van der Waals surface area contributed by atoms with E-state index in [1.165, 1.54) is 0 Å². The van der Waals surface area contributed by atoms with E-state index in [0.29, 0.717) is 0 Å². The number of aliphatic hydroxyl groups excluding tert-OH is 4. The second-order valence-corrected chi connectivity index (χ2v) is 49.7. The standard InChI is InChI=1S/C20H50O6Si4.C10H30O4Si4/c1-27(2,18-14-10-8-12-16-21)24-29(5,6)26-30(7,20-23)25-28(3,4)19-15-11-9-13-17-22;1-15(2,3)12-17(7,8)14-18(9,10-11)13-16(4,5)6/h21-23H,8-20H2,1-7H3;11H,10H2,1-9H3. The zero-order valence-electron chi connectivity index (χ0n) is 34.1. The van der Waals surface area contributed by atoms with Crippen LogP contribution in [0.15, 0.2) is 0 Å². The van der Waals surface area contributed by atoms with E-state index < -0.39 is 67.5 Å². The minimum atomic E-state index is -2.71. The quantitative estimate of drug-likeness (QED) is 0.0504. The van der Waals surface area contributed by atoms with Gasteiger partial charge in [0.15, 0.2) is 33.3 Å². The lowest BCUT2D eigenvalue weighted by atomic mass is 10.2. The van der Waals surface area contributed by atoms with Gasteiger partial charge in [-0.3, -0.25) is 0 Å². The molecule has 0 amide bonds. The van der Waals surface area contributed by atoms with Crippen LogP contribution >= 0.6 is 0 Å². The third-order valence-corrected chi connectivity index (χ3v) is 35.3. The average Bonchev–Trinajstić information content (AvgIpc) is 2.84. The molecule has 292 valence electrons. The van der Waals surface area contributed by atoms with Crippen LogP contribution in [0.3, 0.4) is 0 Å². The number of hydrogen-bond acceptors (Lipinski definition) is 10. The Kier molecular flexibility index (Phi) is 24.1. The molecule has 2 unspecified atom stereocenters. The molecule has 0 radical (unpaired) electrons. The molecular weight excluding hydrogens is 745 g/mol. The van der Waals surface area contributed by atoms with Crippen molar-refractivity contribution in [3.05, 3.63) is 0 Å². The van der Waals surface area contributed by atoms with Gasteiger partial charge in [0.2, 0.25) is 0 Å². The fourth-order valence-corrected chi connectivity index (χ4v) is 41.6. The maximum Gasteiger partial charge on any atom is 0.342 e. The third kappa shape index (κ3) is 28.9. The smallest absolute Gasteiger partial charge is 0.342 e. The molecule has 0 heterocycles. The fraction of sp³-hybridized carbons (Fsp3) is 1.00. The van der Waals surface area contributed by atoms with Gasteiger partial charge in [-0.2, -0.15) is 0 Å². The van der Waals surface area contributed by atoms with Crippen molar-refractivity contribution in [2.24, 2.45) is 0 Å². The Hall–Kier alpha value is 1.34. The highest BCUT2D eigenvalue weighted by Crippen LogP contribution is 2.28. The molecule has 0 spiro atoms. The van der Waals surface area contributed by atoms with Gasteiger partial charge in [0.1, 0.15) is 0 Å². The molecule has 0 rings (SSSR count). The summed E-state index contributed by atoms with van der Waals surface area (Å²) in [4.78, 5) is 0. The van der Waals surface area contributed by atoms with Crippen LogP contribution in [0.25, 0.3) is 0 Å². The minimum Gasteiger partial charge on any atom is -0.437 e. The lowest BCUT2D eigenvalue weighted by Gasteiger charge is -2.41. The number of rotatable bonds is 26. The molecule has 0 aliphatic heterocycles. The molecule has 10 nitrogen and oxygen atoms in total. The summed E-state index contributed by atoms with van der Waals surface area (Å²) in [6.07, 6.45) is 8.29. The summed E-state index contributed by atoms with van der Waals surface area (Å²) in [7, 11) is -17.0. The summed E-state index contributed by atoms with van der Waals surface area (Å²) >= 11 is 0. The Morgan fingerprint density at radius 2 is 0.646 bits per heavy atom. The molecule has 0 saturated carbocycles. The van der Waals surface area contributed by atoms with Crippen molar-refractivity contribution < 1.29 is 45.1 Å². The molecule has 48 heavy (non-hydrogen) atoms. The summed E-state index contributed by atoms with van der Waals surface area (Å²) in [6.45, 7) is 34.5. The highest BCUT2D eigenvalue weighted by molar-refractivity contribution is 6.90. The van der Waals surface area contributed by atoms with E-state index >= 15 is 0 Å². The van der Waals surface area contributed by atoms with Crippen molar-refractivity contribution in [2.75, 3.05) is 25.7 Å². The predicted molar refractivity (Wildman–Crippen MR) is 221 cm³/mol. The topological polar surface area (TPSA) is 136 Å². The first kappa shape index (κ1) is 51.4. The van der Waals surface area contributed by atoms with Crippen LogP contribution in [-0.2, 0) is 24.7 Å². The normalized spacial score (nSPS) is 16.2. The molecular formula is C30H80O10Si8. The van der Waals surface area contributed by atoms with Gasteiger partial charge in [-0.25, -0.2) is 0 Å². The Morgan fingerprint density at radius 1 is 0.333 bits per heavy atom. The molecule has 0 aromatic heterocycles. The Balaban J connectivity index is 0. The van der Waals surface area contributed by atoms with Crippen LogP contribution in [0, 0.1) is 0 Å². The molecule has 2 atom stereocenters. The SMILES string of the molecule is C[Si](C)(C)O[Si](C)(C)O[Si](C)(CO)O[Si](C)(C)C.C[Si](C)(CCCCCCO)O[Si](C)(C)O[Si](C)(CO)O[Si](C)(C)CCCCCCO. The minimum absolute atomic E-state index is 0.0112. The molecule has 0 aliphatic carbocycles. The van der Waals surface area contributed by atoms with E-state index in [9.17, 15) is 10.2 Å². The molecule has 0 aromatic carbocycles. The third-order valence-electron chi connectivity index (χ3n) is 6.96. The Morgan fingerprint density at radius 3 is 0.979 bits per heavy atom. The lowest BCUT2D eigenvalue weighted by Crippen LogP contribution is -2.59. The number of unbranched alkanes of at least 4 members (excludes halogenated alkanes) is 6. The molecule has 0 bridgehead atoms. The molecule has 0 aliphatic rings. The first-order chi connectivity index (χ1) is 21.5. The van der Waals surface area contributed by atoms with E-state index in [4.69, 9.17) is 34.9 Å². The van der Waals surface area contributed by atoms with Gasteiger partial charge < -0.3 is 45.1 Å². The summed E-state index contributed by atoms with van der Waals surface area (Å²) in [5, 5.41) is 37.6. The van der Waals surface area contributed by atoms with Gasteiger partial charge in [-0.05, 0) is 130 Å². The summed E-state index contributed by atoms with van der Waals surface area (Å²) in [6, 6.07) is 2.13. The Bertz CT molecular complexity index is 857. The number of aliphatic hydroxyl groups is 4. The second-order valence-electron chi connectivity index (χ2n) is 17.5. The fourth-order valence-electron chi connectivity index (χ4n) is 6.02.